The Bertz CT molecular complexity index is 1390. The van der Waals surface area contributed by atoms with Crippen LogP contribution in [-0.2, 0) is 10.0 Å². The molecular formula is C25H21N3O3S. The standard InChI is InChI=1S/C25H21N3O3S/c1-18-9-15-23(16-10-18)32(30,31)28-22-13-11-20(12-14-22)25(29)27-26-17-21-7-4-6-19-5-2-3-8-24(19)21/h2-17,28H,1H3,(H,27,29)/b26-17+. The number of rotatable bonds is 6. The van der Waals surface area contributed by atoms with Crippen LogP contribution in [0.15, 0.2) is 101 Å². The van der Waals surface area contributed by atoms with Gasteiger partial charge in [-0.25, -0.2) is 13.8 Å². The number of hydrazone groups is 1. The molecule has 4 rings (SSSR count). The number of fused-ring (bicyclic) bond motifs is 1. The Morgan fingerprint density at radius 2 is 1.53 bits per heavy atom. The minimum Gasteiger partial charge on any atom is -0.280 e. The third-order valence-electron chi connectivity index (χ3n) is 4.92. The number of aryl methyl sites for hydroxylation is 1. The van der Waals surface area contributed by atoms with E-state index in [1.807, 2.05) is 49.4 Å². The Balaban J connectivity index is 1.42. The summed E-state index contributed by atoms with van der Waals surface area (Å²) in [4.78, 5) is 12.6. The Labute approximate surface area is 186 Å². The van der Waals surface area contributed by atoms with Crippen LogP contribution in [0.3, 0.4) is 0 Å². The zero-order valence-electron chi connectivity index (χ0n) is 17.3. The number of anilines is 1. The summed E-state index contributed by atoms with van der Waals surface area (Å²) in [7, 11) is -3.70. The largest absolute Gasteiger partial charge is 0.280 e. The molecule has 0 aliphatic carbocycles. The molecule has 160 valence electrons. The van der Waals surface area contributed by atoms with Crippen LogP contribution in [0.1, 0.15) is 21.5 Å². The van der Waals surface area contributed by atoms with Crippen molar-refractivity contribution in [2.45, 2.75) is 11.8 Å². The maximum Gasteiger partial charge on any atom is 0.271 e. The van der Waals surface area contributed by atoms with Crippen molar-refractivity contribution in [3.8, 4) is 0 Å². The van der Waals surface area contributed by atoms with E-state index >= 15 is 0 Å². The van der Waals surface area contributed by atoms with Crippen molar-refractivity contribution in [1.29, 1.82) is 0 Å². The van der Waals surface area contributed by atoms with Crippen LogP contribution in [0.2, 0.25) is 0 Å². The lowest BCUT2D eigenvalue weighted by atomic mass is 10.1. The summed E-state index contributed by atoms with van der Waals surface area (Å²) in [5, 5.41) is 6.19. The van der Waals surface area contributed by atoms with Gasteiger partial charge in [-0.2, -0.15) is 5.10 Å². The van der Waals surface area contributed by atoms with Gasteiger partial charge in [-0.15, -0.1) is 0 Å². The Hall–Kier alpha value is -3.97. The molecule has 0 aromatic heterocycles. The molecule has 0 radical (unpaired) electrons. The number of amides is 1. The molecule has 1 amide bonds. The number of nitrogens with zero attached hydrogens (tertiary/aromatic N) is 1. The van der Waals surface area contributed by atoms with Gasteiger partial charge in [0.15, 0.2) is 0 Å². The predicted octanol–water partition coefficient (Wildman–Crippen LogP) is 4.71. The molecule has 6 nitrogen and oxygen atoms in total. The van der Waals surface area contributed by atoms with Crippen LogP contribution < -0.4 is 10.1 Å². The average Bonchev–Trinajstić information content (AvgIpc) is 2.80. The summed E-state index contributed by atoms with van der Waals surface area (Å²) in [5.74, 6) is -0.394. The maximum absolute atomic E-state index is 12.5. The normalized spacial score (nSPS) is 11.5. The molecule has 0 bridgehead atoms. The molecule has 0 heterocycles. The van der Waals surface area contributed by atoms with Crippen LogP contribution in [0.25, 0.3) is 10.8 Å². The first-order valence-corrected chi connectivity index (χ1v) is 11.4. The van der Waals surface area contributed by atoms with Gasteiger partial charge in [-0.05, 0) is 54.1 Å². The van der Waals surface area contributed by atoms with Crippen LogP contribution in [0, 0.1) is 6.92 Å². The number of hydrogen-bond acceptors (Lipinski definition) is 4. The second-order valence-electron chi connectivity index (χ2n) is 7.26. The van der Waals surface area contributed by atoms with E-state index in [1.54, 1.807) is 30.5 Å². The second kappa shape index (κ2) is 9.03. The molecule has 4 aromatic carbocycles. The van der Waals surface area contributed by atoms with E-state index in [0.29, 0.717) is 11.3 Å². The topological polar surface area (TPSA) is 87.6 Å². The highest BCUT2D eigenvalue weighted by molar-refractivity contribution is 7.92. The van der Waals surface area contributed by atoms with Gasteiger partial charge < -0.3 is 0 Å². The lowest BCUT2D eigenvalue weighted by Crippen LogP contribution is -2.18. The summed E-state index contributed by atoms with van der Waals surface area (Å²) < 4.78 is 27.5. The first-order chi connectivity index (χ1) is 15.4. The molecule has 32 heavy (non-hydrogen) atoms. The summed E-state index contributed by atoms with van der Waals surface area (Å²) in [6.45, 7) is 1.89. The zero-order valence-corrected chi connectivity index (χ0v) is 18.1. The quantitative estimate of drug-likeness (QED) is 0.334. The van der Waals surface area contributed by atoms with E-state index in [0.717, 1.165) is 21.9 Å². The fraction of sp³-hybridized carbons (Fsp3) is 0.0400. The van der Waals surface area contributed by atoms with Crippen LogP contribution in [0.5, 0.6) is 0 Å². The number of benzene rings is 4. The number of carbonyl (C=O) groups is 1. The summed E-state index contributed by atoms with van der Waals surface area (Å²) in [5.41, 5.74) is 5.09. The SMILES string of the molecule is Cc1ccc(S(=O)(=O)Nc2ccc(C(=O)N/N=C/c3cccc4ccccc34)cc2)cc1. The lowest BCUT2D eigenvalue weighted by Gasteiger charge is -2.09. The van der Waals surface area contributed by atoms with E-state index < -0.39 is 15.9 Å². The molecule has 0 saturated heterocycles. The molecule has 0 spiro atoms. The molecule has 0 fully saturated rings. The van der Waals surface area contributed by atoms with Crippen LogP contribution in [0.4, 0.5) is 5.69 Å². The van der Waals surface area contributed by atoms with Crippen molar-refractivity contribution in [2.24, 2.45) is 5.10 Å². The van der Waals surface area contributed by atoms with Crippen LogP contribution in [-0.4, -0.2) is 20.5 Å². The third kappa shape index (κ3) is 4.84. The van der Waals surface area contributed by atoms with Gasteiger partial charge >= 0.3 is 0 Å². The molecule has 0 atom stereocenters. The average molecular weight is 444 g/mol. The van der Waals surface area contributed by atoms with Crippen molar-refractivity contribution in [3.63, 3.8) is 0 Å². The van der Waals surface area contributed by atoms with E-state index in [1.165, 1.54) is 24.3 Å². The predicted molar refractivity (Wildman–Crippen MR) is 127 cm³/mol. The lowest BCUT2D eigenvalue weighted by molar-refractivity contribution is 0.0955. The number of carbonyl (C=O) groups excluding carboxylic acids is 1. The van der Waals surface area contributed by atoms with E-state index in [4.69, 9.17) is 0 Å². The van der Waals surface area contributed by atoms with Crippen molar-refractivity contribution in [3.05, 3.63) is 108 Å². The smallest absolute Gasteiger partial charge is 0.271 e. The first kappa shape index (κ1) is 21.3. The number of hydrogen-bond donors (Lipinski definition) is 2. The molecule has 0 aliphatic heterocycles. The van der Waals surface area contributed by atoms with Gasteiger partial charge in [0.25, 0.3) is 15.9 Å². The Kier molecular flexibility index (Phi) is 6.00. The van der Waals surface area contributed by atoms with Crippen molar-refractivity contribution in [1.82, 2.24) is 5.43 Å². The highest BCUT2D eigenvalue weighted by Crippen LogP contribution is 2.18. The van der Waals surface area contributed by atoms with Gasteiger partial charge in [0.2, 0.25) is 0 Å². The minimum absolute atomic E-state index is 0.174. The summed E-state index contributed by atoms with van der Waals surface area (Å²) in [6.07, 6.45) is 1.60. The number of nitrogens with one attached hydrogen (secondary N) is 2. The van der Waals surface area contributed by atoms with Gasteiger partial charge in [0.1, 0.15) is 0 Å². The van der Waals surface area contributed by atoms with Crippen molar-refractivity contribution < 1.29 is 13.2 Å². The van der Waals surface area contributed by atoms with Crippen LogP contribution >= 0.6 is 0 Å². The molecule has 4 aromatic rings. The van der Waals surface area contributed by atoms with E-state index in [9.17, 15) is 13.2 Å². The maximum atomic E-state index is 12.5. The van der Waals surface area contributed by atoms with E-state index in [-0.39, 0.29) is 4.90 Å². The summed E-state index contributed by atoms with van der Waals surface area (Å²) >= 11 is 0. The third-order valence-corrected chi connectivity index (χ3v) is 6.32. The van der Waals surface area contributed by atoms with Gasteiger partial charge in [-0.1, -0.05) is 60.2 Å². The molecular weight excluding hydrogens is 422 g/mol. The molecule has 7 heteroatoms. The van der Waals surface area contributed by atoms with Crippen molar-refractivity contribution >= 4 is 38.6 Å². The molecule has 0 aliphatic rings. The van der Waals surface area contributed by atoms with Crippen molar-refractivity contribution in [2.75, 3.05) is 4.72 Å². The molecule has 2 N–H and O–H groups in total. The highest BCUT2D eigenvalue weighted by atomic mass is 32.2. The zero-order chi connectivity index (χ0) is 22.6. The molecule has 0 unspecified atom stereocenters. The Morgan fingerprint density at radius 3 is 2.28 bits per heavy atom. The Morgan fingerprint density at radius 1 is 0.844 bits per heavy atom. The van der Waals surface area contributed by atoms with Gasteiger partial charge in [0.05, 0.1) is 11.1 Å². The second-order valence-corrected chi connectivity index (χ2v) is 8.95. The monoisotopic (exact) mass is 443 g/mol. The first-order valence-electron chi connectivity index (χ1n) is 9.93. The fourth-order valence-electron chi connectivity index (χ4n) is 3.21. The van der Waals surface area contributed by atoms with E-state index in [2.05, 4.69) is 15.2 Å². The van der Waals surface area contributed by atoms with Gasteiger partial charge in [-0.3, -0.25) is 9.52 Å². The number of sulfonamides is 1. The minimum atomic E-state index is -3.70. The molecule has 0 saturated carbocycles. The van der Waals surface area contributed by atoms with Gasteiger partial charge in [0, 0.05) is 16.8 Å². The highest BCUT2D eigenvalue weighted by Gasteiger charge is 2.14. The fourth-order valence-corrected chi connectivity index (χ4v) is 4.27. The summed E-state index contributed by atoms with van der Waals surface area (Å²) in [6, 6.07) is 26.5.